The molecule has 0 heterocycles. The van der Waals surface area contributed by atoms with E-state index in [0.29, 0.717) is 0 Å². The third-order valence-corrected chi connectivity index (χ3v) is 4.68. The largest absolute Gasteiger partial charge is 0.431 e. The monoisotopic (exact) mass is 399 g/mol. The van der Waals surface area contributed by atoms with Crippen molar-refractivity contribution in [3.05, 3.63) is 0 Å². The Bertz CT molecular complexity index is 398. The molecule has 4 nitrogen and oxygen atoms in total. The molecule has 0 saturated heterocycles. The van der Waals surface area contributed by atoms with Crippen LogP contribution in [0.2, 0.25) is 0 Å². The van der Waals surface area contributed by atoms with Crippen LogP contribution in [-0.2, 0) is 13.6 Å². The molecule has 0 spiro atoms. The number of alkyl halides is 9. The lowest BCUT2D eigenvalue weighted by Gasteiger charge is -2.37. The maximum Gasteiger partial charge on any atom is 0.431 e. The molecule has 0 radical (unpaired) electrons. The van der Waals surface area contributed by atoms with Crippen molar-refractivity contribution in [2.75, 3.05) is 19.8 Å². The summed E-state index contributed by atoms with van der Waals surface area (Å²) in [5, 5.41) is 0. The molecule has 0 aliphatic rings. The highest BCUT2D eigenvalue weighted by Gasteiger charge is 2.85. The van der Waals surface area contributed by atoms with Gasteiger partial charge in [0.1, 0.15) is 0 Å². The second kappa shape index (κ2) is 7.79. The molecule has 0 aliphatic heterocycles. The molecular formula is C10H15F9NO3P. The summed E-state index contributed by atoms with van der Waals surface area (Å²) < 4.78 is 132. The summed E-state index contributed by atoms with van der Waals surface area (Å²) in [7, 11) is -4.94. The van der Waals surface area contributed by atoms with Crippen molar-refractivity contribution in [1.29, 1.82) is 0 Å². The van der Waals surface area contributed by atoms with Gasteiger partial charge in [0.25, 0.3) is 0 Å². The van der Waals surface area contributed by atoms with Crippen molar-refractivity contribution >= 4 is 7.74 Å². The second-order valence-corrected chi connectivity index (χ2v) is 5.94. The molecule has 0 atom stereocenters. The van der Waals surface area contributed by atoms with E-state index < -0.39 is 51.6 Å². The van der Waals surface area contributed by atoms with Crippen molar-refractivity contribution in [2.45, 2.75) is 44.8 Å². The zero-order valence-electron chi connectivity index (χ0n) is 12.6. The van der Waals surface area contributed by atoms with E-state index >= 15 is 0 Å². The average molecular weight is 399 g/mol. The van der Waals surface area contributed by atoms with Crippen LogP contribution in [0.15, 0.2) is 4.74 Å². The van der Waals surface area contributed by atoms with Gasteiger partial charge >= 0.3 is 31.8 Å². The summed E-state index contributed by atoms with van der Waals surface area (Å²) in [5.41, 5.74) is -6.40. The minimum absolute atomic E-state index is 0.582. The highest BCUT2D eigenvalue weighted by Crippen LogP contribution is 2.63. The van der Waals surface area contributed by atoms with Crippen molar-refractivity contribution in [2.24, 2.45) is 4.74 Å². The van der Waals surface area contributed by atoms with Crippen LogP contribution in [0.5, 0.6) is 0 Å². The van der Waals surface area contributed by atoms with Crippen LogP contribution in [0.1, 0.15) is 20.8 Å². The van der Waals surface area contributed by atoms with Gasteiger partial charge in [-0.25, -0.2) is 0 Å². The Hall–Kier alpha value is -0.520. The van der Waals surface area contributed by atoms with E-state index in [9.17, 15) is 39.5 Å². The first-order chi connectivity index (χ1) is 10.6. The van der Waals surface area contributed by atoms with Gasteiger partial charge in [-0.05, 0) is 20.8 Å². The SMILES string of the molecule is CCOP(=NC(C(F)(F)F)(C(F)(F)F)C(F)(F)F)(OCC)OCC. The quantitative estimate of drug-likeness (QED) is 0.421. The smallest absolute Gasteiger partial charge is 0.303 e. The Morgan fingerprint density at radius 1 is 0.625 bits per heavy atom. The van der Waals surface area contributed by atoms with Gasteiger partial charge in [-0.15, -0.1) is 0 Å². The Morgan fingerprint density at radius 3 is 1.04 bits per heavy atom. The molecule has 24 heavy (non-hydrogen) atoms. The van der Waals surface area contributed by atoms with Gasteiger partial charge in [-0.2, -0.15) is 44.3 Å². The number of rotatable bonds is 7. The number of hydrogen-bond donors (Lipinski definition) is 0. The van der Waals surface area contributed by atoms with Crippen LogP contribution in [0, 0.1) is 0 Å². The first-order valence-electron chi connectivity index (χ1n) is 6.41. The third-order valence-electron chi connectivity index (χ3n) is 2.38. The van der Waals surface area contributed by atoms with E-state index in [0.717, 1.165) is 20.8 Å². The molecule has 146 valence electrons. The summed E-state index contributed by atoms with van der Waals surface area (Å²) in [4.78, 5) is 0. The minimum atomic E-state index is -6.85. The van der Waals surface area contributed by atoms with Gasteiger partial charge in [-0.3, -0.25) is 0 Å². The predicted molar refractivity (Wildman–Crippen MR) is 65.1 cm³/mol. The summed E-state index contributed by atoms with van der Waals surface area (Å²) in [6, 6.07) is 0. The summed E-state index contributed by atoms with van der Waals surface area (Å²) in [5.74, 6) is 0. The first kappa shape index (κ1) is 23.5. The van der Waals surface area contributed by atoms with E-state index in [1.807, 2.05) is 4.74 Å². The van der Waals surface area contributed by atoms with Crippen LogP contribution in [-0.4, -0.2) is 43.9 Å². The van der Waals surface area contributed by atoms with Gasteiger partial charge in [0.05, 0.1) is 19.8 Å². The fourth-order valence-corrected chi connectivity index (χ4v) is 3.61. The molecule has 0 aliphatic carbocycles. The van der Waals surface area contributed by atoms with E-state index in [1.54, 1.807) is 0 Å². The topological polar surface area (TPSA) is 40.0 Å². The third kappa shape index (κ3) is 4.55. The normalized spacial score (nSPS) is 14.8. The van der Waals surface area contributed by atoms with Crippen molar-refractivity contribution in [3.63, 3.8) is 0 Å². The molecule has 0 aromatic heterocycles. The zero-order valence-corrected chi connectivity index (χ0v) is 13.5. The van der Waals surface area contributed by atoms with Crippen molar-refractivity contribution in [1.82, 2.24) is 0 Å². The molecule has 0 aromatic carbocycles. The lowest BCUT2D eigenvalue weighted by Crippen LogP contribution is -2.64. The maximum absolute atomic E-state index is 12.9. The Labute approximate surface area is 131 Å². The van der Waals surface area contributed by atoms with E-state index in [-0.39, 0.29) is 0 Å². The average Bonchev–Trinajstić information content (AvgIpc) is 2.32. The molecule has 0 bridgehead atoms. The molecule has 0 unspecified atom stereocenters. The van der Waals surface area contributed by atoms with Crippen LogP contribution in [0.3, 0.4) is 0 Å². The lowest BCUT2D eigenvalue weighted by molar-refractivity contribution is -0.377. The van der Waals surface area contributed by atoms with Crippen molar-refractivity contribution in [3.8, 4) is 0 Å². The van der Waals surface area contributed by atoms with Crippen LogP contribution < -0.4 is 0 Å². The minimum Gasteiger partial charge on any atom is -0.303 e. The highest BCUT2D eigenvalue weighted by atomic mass is 31.2. The summed E-state index contributed by atoms with van der Waals surface area (Å²) in [6.45, 7) is 1.62. The molecule has 14 heteroatoms. The molecule has 0 saturated carbocycles. The fourth-order valence-electron chi connectivity index (χ4n) is 1.52. The number of halogens is 9. The Morgan fingerprint density at radius 2 is 0.875 bits per heavy atom. The molecule has 0 aromatic rings. The van der Waals surface area contributed by atoms with E-state index in [1.165, 1.54) is 0 Å². The second-order valence-electron chi connectivity index (χ2n) is 4.03. The molecule has 0 N–H and O–H groups in total. The first-order valence-corrected chi connectivity index (χ1v) is 7.90. The predicted octanol–water partition coefficient (Wildman–Crippen LogP) is 5.47. The number of nitrogens with zero attached hydrogens (tertiary/aromatic N) is 1. The van der Waals surface area contributed by atoms with Gasteiger partial charge in [0.2, 0.25) is 0 Å². The maximum atomic E-state index is 12.9. The number of hydrogen-bond acceptors (Lipinski definition) is 4. The van der Waals surface area contributed by atoms with Crippen molar-refractivity contribution < 1.29 is 53.1 Å². The highest BCUT2D eigenvalue weighted by molar-refractivity contribution is 7.51. The Kier molecular flexibility index (Phi) is 7.63. The standard InChI is InChI=1S/C10H15F9NO3P/c1-4-21-24(22-5-2,23-6-3)20-7(8(11,12)13,9(14,15)16)10(17,18)19/h4-6H2,1-3H3. The molecule has 0 amide bonds. The Balaban J connectivity index is 6.92. The van der Waals surface area contributed by atoms with Gasteiger partial charge < -0.3 is 13.6 Å². The van der Waals surface area contributed by atoms with E-state index in [2.05, 4.69) is 13.6 Å². The molecular weight excluding hydrogens is 384 g/mol. The summed E-state index contributed by atoms with van der Waals surface area (Å²) >= 11 is 0. The van der Waals surface area contributed by atoms with Crippen LogP contribution >= 0.6 is 7.74 Å². The lowest BCUT2D eigenvalue weighted by atomic mass is 9.99. The summed E-state index contributed by atoms with van der Waals surface area (Å²) in [6.07, 6.45) is -20.5. The van der Waals surface area contributed by atoms with Gasteiger partial charge in [-0.1, -0.05) is 0 Å². The molecule has 0 rings (SSSR count). The van der Waals surface area contributed by atoms with Crippen LogP contribution in [0.25, 0.3) is 0 Å². The molecule has 0 fully saturated rings. The van der Waals surface area contributed by atoms with Gasteiger partial charge in [0.15, 0.2) is 0 Å². The van der Waals surface area contributed by atoms with Gasteiger partial charge in [0, 0.05) is 0 Å². The zero-order chi connectivity index (χ0) is 19.4. The van der Waals surface area contributed by atoms with Crippen LogP contribution in [0.4, 0.5) is 39.5 Å². The van der Waals surface area contributed by atoms with E-state index in [4.69, 9.17) is 0 Å². The fraction of sp³-hybridized carbons (Fsp3) is 1.00.